The van der Waals surface area contributed by atoms with E-state index < -0.39 is 0 Å². The van der Waals surface area contributed by atoms with Gasteiger partial charge in [-0.25, -0.2) is 0 Å². The van der Waals surface area contributed by atoms with Gasteiger partial charge in [0.1, 0.15) is 17.7 Å². The van der Waals surface area contributed by atoms with E-state index in [9.17, 15) is 0 Å². The summed E-state index contributed by atoms with van der Waals surface area (Å²) in [6.07, 6.45) is 13.4. The molecule has 0 atom stereocenters. The van der Waals surface area contributed by atoms with Gasteiger partial charge in [0.05, 0.1) is 5.00 Å². The minimum Gasteiger partial charge on any atom is -0.363 e. The second-order valence-corrected chi connectivity index (χ2v) is 8.20. The average molecular weight is 378 g/mol. The Morgan fingerprint density at radius 2 is 1.46 bits per heavy atom. The van der Waals surface area contributed by atoms with E-state index in [-0.39, 0.29) is 5.57 Å². The van der Waals surface area contributed by atoms with E-state index >= 15 is 0 Å². The molecule has 0 aliphatic carbocycles. The summed E-state index contributed by atoms with van der Waals surface area (Å²) in [5.74, 6) is 0. The highest BCUT2D eigenvalue weighted by Crippen LogP contribution is 2.30. The predicted molar refractivity (Wildman–Crippen MR) is 112 cm³/mol. The lowest BCUT2D eigenvalue weighted by molar-refractivity contribution is 0.580. The van der Waals surface area contributed by atoms with Gasteiger partial charge in [-0.15, -0.1) is 22.7 Å². The topological polar surface area (TPSA) is 50.8 Å². The quantitative estimate of drug-likeness (QED) is 0.477. The molecule has 0 radical (unpaired) electrons. The molecule has 5 heteroatoms. The Hall–Kier alpha value is -2.60. The monoisotopic (exact) mass is 377 g/mol. The molecule has 0 unspecified atom stereocenters. The van der Waals surface area contributed by atoms with Gasteiger partial charge < -0.3 is 4.90 Å². The molecule has 0 spiro atoms. The number of piperidine rings is 1. The lowest BCUT2D eigenvalue weighted by Crippen LogP contribution is -2.28. The largest absolute Gasteiger partial charge is 0.363 e. The maximum atomic E-state index is 8.71. The van der Waals surface area contributed by atoms with Crippen molar-refractivity contribution in [2.24, 2.45) is 0 Å². The van der Waals surface area contributed by atoms with Crippen LogP contribution in [-0.2, 0) is 0 Å². The van der Waals surface area contributed by atoms with Crippen LogP contribution in [0.1, 0.15) is 33.9 Å². The lowest BCUT2D eigenvalue weighted by Gasteiger charge is -2.27. The van der Waals surface area contributed by atoms with Gasteiger partial charge in [-0.2, -0.15) is 10.5 Å². The van der Waals surface area contributed by atoms with Crippen LogP contribution in [0.4, 0.5) is 5.00 Å². The smallest absolute Gasteiger partial charge is 0.129 e. The Bertz CT molecular complexity index is 894. The fraction of sp³-hybridized carbons (Fsp3) is 0.238. The first-order chi connectivity index (χ1) is 12.8. The third kappa shape index (κ3) is 4.95. The highest BCUT2D eigenvalue weighted by Gasteiger charge is 2.12. The molecular formula is C21H19N3S2. The Balaban J connectivity index is 1.61. The molecule has 1 aliphatic rings. The molecule has 0 aromatic carbocycles. The van der Waals surface area contributed by atoms with E-state index in [1.807, 2.05) is 35.6 Å². The maximum Gasteiger partial charge on any atom is 0.129 e. The molecule has 130 valence electrons. The van der Waals surface area contributed by atoms with Gasteiger partial charge in [-0.3, -0.25) is 0 Å². The molecule has 1 saturated heterocycles. The molecule has 3 heterocycles. The van der Waals surface area contributed by atoms with Crippen molar-refractivity contribution in [2.75, 3.05) is 18.0 Å². The van der Waals surface area contributed by atoms with Crippen LogP contribution in [-0.4, -0.2) is 13.1 Å². The van der Waals surface area contributed by atoms with Crippen LogP contribution in [0, 0.1) is 22.7 Å². The summed E-state index contributed by atoms with van der Waals surface area (Å²) in [6, 6.07) is 12.2. The van der Waals surface area contributed by atoms with Crippen LogP contribution < -0.4 is 4.90 Å². The van der Waals surface area contributed by atoms with Crippen LogP contribution in [0.5, 0.6) is 0 Å². The van der Waals surface area contributed by atoms with Crippen LogP contribution in [0.3, 0.4) is 0 Å². The second-order valence-electron chi connectivity index (χ2n) is 5.96. The minimum absolute atomic E-state index is 0.111. The zero-order valence-electron chi connectivity index (χ0n) is 14.4. The third-order valence-electron chi connectivity index (χ3n) is 4.10. The number of allylic oxidation sites excluding steroid dienone is 3. The molecule has 2 aromatic rings. The van der Waals surface area contributed by atoms with Crippen molar-refractivity contribution in [3.8, 4) is 12.1 Å². The van der Waals surface area contributed by atoms with Gasteiger partial charge in [-0.05, 0) is 67.8 Å². The van der Waals surface area contributed by atoms with E-state index in [2.05, 4.69) is 35.3 Å². The molecule has 0 bridgehead atoms. The number of rotatable bonds is 5. The normalized spacial score (nSPS) is 14.5. The summed E-state index contributed by atoms with van der Waals surface area (Å²) in [7, 11) is 0. The molecular weight excluding hydrogens is 358 g/mol. The Kier molecular flexibility index (Phi) is 6.44. The third-order valence-corrected chi connectivity index (χ3v) is 6.23. The minimum atomic E-state index is 0.111. The molecule has 0 saturated carbocycles. The number of anilines is 1. The summed E-state index contributed by atoms with van der Waals surface area (Å²) in [6.45, 7) is 2.36. The Morgan fingerprint density at radius 1 is 0.846 bits per heavy atom. The van der Waals surface area contributed by atoms with Crippen molar-refractivity contribution in [1.82, 2.24) is 0 Å². The molecule has 1 aliphatic heterocycles. The SMILES string of the molecule is N#CC(C#N)=C/C=C/c1ccc(/C=C/c2ccc(N3CCCCC3)s2)s1. The highest BCUT2D eigenvalue weighted by molar-refractivity contribution is 7.17. The van der Waals surface area contributed by atoms with Gasteiger partial charge in [-0.1, -0.05) is 6.08 Å². The van der Waals surface area contributed by atoms with Crippen molar-refractivity contribution in [1.29, 1.82) is 10.5 Å². The van der Waals surface area contributed by atoms with Gasteiger partial charge in [0.2, 0.25) is 0 Å². The first kappa shape index (κ1) is 18.2. The van der Waals surface area contributed by atoms with Crippen molar-refractivity contribution in [2.45, 2.75) is 19.3 Å². The van der Waals surface area contributed by atoms with E-state index in [1.54, 1.807) is 17.4 Å². The first-order valence-electron chi connectivity index (χ1n) is 8.60. The predicted octanol–water partition coefficient (Wildman–Crippen LogP) is 5.96. The van der Waals surface area contributed by atoms with Gasteiger partial charge in [0.15, 0.2) is 0 Å². The van der Waals surface area contributed by atoms with Crippen molar-refractivity contribution < 1.29 is 0 Å². The fourth-order valence-electron chi connectivity index (χ4n) is 2.77. The van der Waals surface area contributed by atoms with E-state index in [0.717, 1.165) is 4.88 Å². The van der Waals surface area contributed by atoms with Gasteiger partial charge >= 0.3 is 0 Å². The summed E-state index contributed by atoms with van der Waals surface area (Å²) >= 11 is 3.53. The van der Waals surface area contributed by atoms with Crippen molar-refractivity contribution in [3.63, 3.8) is 0 Å². The van der Waals surface area contributed by atoms with E-state index in [4.69, 9.17) is 10.5 Å². The van der Waals surface area contributed by atoms with Crippen LogP contribution in [0.15, 0.2) is 42.0 Å². The molecule has 3 rings (SSSR count). The lowest BCUT2D eigenvalue weighted by atomic mass is 10.1. The molecule has 2 aromatic heterocycles. The van der Waals surface area contributed by atoms with E-state index in [1.165, 1.54) is 53.2 Å². The van der Waals surface area contributed by atoms with Gasteiger partial charge in [0.25, 0.3) is 0 Å². The van der Waals surface area contributed by atoms with E-state index in [0.29, 0.717) is 0 Å². The number of hydrogen-bond acceptors (Lipinski definition) is 5. The summed E-state index contributed by atoms with van der Waals surface area (Å²) in [5, 5.41) is 18.8. The Morgan fingerprint density at radius 3 is 2.15 bits per heavy atom. The maximum absolute atomic E-state index is 8.71. The van der Waals surface area contributed by atoms with Crippen LogP contribution in [0.25, 0.3) is 18.2 Å². The van der Waals surface area contributed by atoms with Crippen LogP contribution >= 0.6 is 22.7 Å². The second kappa shape index (κ2) is 9.20. The molecule has 1 fully saturated rings. The zero-order chi connectivity index (χ0) is 18.2. The molecule has 3 nitrogen and oxygen atoms in total. The average Bonchev–Trinajstić information content (AvgIpc) is 3.34. The molecule has 0 amide bonds. The first-order valence-corrected chi connectivity index (χ1v) is 10.2. The number of nitrogens with zero attached hydrogens (tertiary/aromatic N) is 3. The van der Waals surface area contributed by atoms with Crippen molar-refractivity contribution in [3.05, 3.63) is 56.6 Å². The highest BCUT2D eigenvalue weighted by atomic mass is 32.1. The van der Waals surface area contributed by atoms with Crippen molar-refractivity contribution >= 4 is 45.9 Å². The number of thiophene rings is 2. The zero-order valence-corrected chi connectivity index (χ0v) is 16.0. The number of hydrogen-bond donors (Lipinski definition) is 0. The summed E-state index contributed by atoms with van der Waals surface area (Å²) in [4.78, 5) is 6.04. The summed E-state index contributed by atoms with van der Waals surface area (Å²) < 4.78 is 0. The fourth-order valence-corrected chi connectivity index (χ4v) is 4.55. The Labute approximate surface area is 162 Å². The number of nitriles is 2. The van der Waals surface area contributed by atoms with Crippen LogP contribution in [0.2, 0.25) is 0 Å². The molecule has 0 N–H and O–H groups in total. The molecule has 26 heavy (non-hydrogen) atoms. The van der Waals surface area contributed by atoms with Gasteiger partial charge in [0, 0.05) is 27.7 Å². The summed E-state index contributed by atoms with van der Waals surface area (Å²) in [5.41, 5.74) is 0.111. The standard InChI is InChI=1S/C21H19N3S2/c22-15-17(16-23)5-4-6-18-7-8-19(25-18)9-10-20-11-12-21(26-20)24-13-2-1-3-14-24/h4-12H,1-3,13-14H2/b6-4+,10-9+.